The lowest BCUT2D eigenvalue weighted by Gasteiger charge is -2.17. The summed E-state index contributed by atoms with van der Waals surface area (Å²) in [4.78, 5) is 93.9. The topological polar surface area (TPSA) is 247 Å². The number of hydrogen-bond donors (Lipinski definition) is 0. The summed E-state index contributed by atoms with van der Waals surface area (Å²) < 4.78 is 62.2. The van der Waals surface area contributed by atoms with Crippen molar-refractivity contribution in [3.8, 4) is 23.0 Å². The number of carbonyl (C=O) groups is 8. The molecule has 20 heteroatoms. The van der Waals surface area contributed by atoms with E-state index in [0.29, 0.717) is 37.0 Å². The number of fused-ring (bicyclic) bond motifs is 1. The van der Waals surface area contributed by atoms with Crippen molar-refractivity contribution in [2.45, 2.75) is 63.9 Å². The van der Waals surface area contributed by atoms with E-state index < -0.39 is 72.5 Å². The summed E-state index contributed by atoms with van der Waals surface area (Å²) in [5.74, 6) is -2.21. The highest BCUT2D eigenvalue weighted by Gasteiger charge is 2.51. The Labute approximate surface area is 413 Å². The molecule has 0 aliphatic carbocycles. The molecule has 0 aromatic heterocycles. The maximum absolute atomic E-state index is 12.7. The van der Waals surface area contributed by atoms with Gasteiger partial charge in [-0.15, -0.1) is 0 Å². The van der Waals surface area contributed by atoms with Crippen LogP contribution in [0.3, 0.4) is 0 Å². The minimum atomic E-state index is -0.917. The van der Waals surface area contributed by atoms with E-state index in [9.17, 15) is 38.4 Å². The number of benzene rings is 4. The van der Waals surface area contributed by atoms with Crippen LogP contribution in [-0.4, -0.2) is 112 Å². The van der Waals surface area contributed by atoms with Crippen LogP contribution < -0.4 is 18.9 Å². The van der Waals surface area contributed by atoms with E-state index in [1.807, 2.05) is 19.1 Å². The molecule has 0 spiro atoms. The Balaban J connectivity index is 0.000000289. The van der Waals surface area contributed by atoms with Crippen LogP contribution in [0.5, 0.6) is 23.0 Å². The van der Waals surface area contributed by atoms with E-state index >= 15 is 0 Å². The Morgan fingerprint density at radius 2 is 0.806 bits per heavy atom. The van der Waals surface area contributed by atoms with Gasteiger partial charge in [-0.1, -0.05) is 30.9 Å². The van der Waals surface area contributed by atoms with Crippen molar-refractivity contribution in [2.24, 2.45) is 0 Å². The van der Waals surface area contributed by atoms with Crippen molar-refractivity contribution >= 4 is 48.1 Å². The zero-order chi connectivity index (χ0) is 51.8. The van der Waals surface area contributed by atoms with E-state index in [-0.39, 0.29) is 68.0 Å². The van der Waals surface area contributed by atoms with Crippen LogP contribution in [0.1, 0.15) is 69.2 Å². The minimum absolute atomic E-state index is 0.0772. The van der Waals surface area contributed by atoms with Crippen LogP contribution in [-0.2, 0) is 52.3 Å². The molecule has 2 heterocycles. The first-order valence-corrected chi connectivity index (χ1v) is 22.4. The van der Waals surface area contributed by atoms with Crippen LogP contribution in [0.4, 0.5) is 9.59 Å². The second kappa shape index (κ2) is 28.3. The van der Waals surface area contributed by atoms with Gasteiger partial charge in [-0.25, -0.2) is 33.6 Å². The summed E-state index contributed by atoms with van der Waals surface area (Å²) in [5, 5.41) is 0. The number of carbonyl (C=O) groups excluding carboxylic acids is 8. The van der Waals surface area contributed by atoms with E-state index in [4.69, 9.17) is 56.8 Å². The van der Waals surface area contributed by atoms with Crippen molar-refractivity contribution < 1.29 is 95.2 Å². The molecule has 72 heavy (non-hydrogen) atoms. The molecule has 20 nitrogen and oxygen atoms in total. The summed E-state index contributed by atoms with van der Waals surface area (Å²) in [6.45, 7) is 10.7. The lowest BCUT2D eigenvalue weighted by molar-refractivity contribution is -0.151. The highest BCUT2D eigenvalue weighted by atomic mass is 16.7. The number of rotatable bonds is 21. The molecule has 3 unspecified atom stereocenters. The van der Waals surface area contributed by atoms with E-state index in [0.717, 1.165) is 17.7 Å². The number of esters is 6. The van der Waals surface area contributed by atoms with E-state index in [2.05, 4.69) is 13.2 Å². The molecule has 0 amide bonds. The van der Waals surface area contributed by atoms with Crippen LogP contribution in [0.15, 0.2) is 122 Å². The highest BCUT2D eigenvalue weighted by molar-refractivity contribution is 5.92. The molecule has 0 saturated carbocycles. The fourth-order valence-electron chi connectivity index (χ4n) is 6.40. The number of aryl methyl sites for hydroxylation is 1. The van der Waals surface area contributed by atoms with Crippen LogP contribution >= 0.6 is 0 Å². The van der Waals surface area contributed by atoms with Gasteiger partial charge in [0.05, 0.1) is 56.3 Å². The monoisotopic (exact) mass is 996 g/mol. The Kier molecular flexibility index (Phi) is 21.5. The summed E-state index contributed by atoms with van der Waals surface area (Å²) in [5.41, 5.74) is 1.80. The molecule has 4 atom stereocenters. The van der Waals surface area contributed by atoms with Crippen molar-refractivity contribution in [3.05, 3.63) is 145 Å². The number of hydrogen-bond acceptors (Lipinski definition) is 20. The Morgan fingerprint density at radius 1 is 0.472 bits per heavy atom. The third-order valence-corrected chi connectivity index (χ3v) is 9.99. The van der Waals surface area contributed by atoms with Gasteiger partial charge in [-0.2, -0.15) is 0 Å². The lowest BCUT2D eigenvalue weighted by Crippen LogP contribution is -2.35. The predicted octanol–water partition coefficient (Wildman–Crippen LogP) is 7.42. The van der Waals surface area contributed by atoms with Gasteiger partial charge < -0.3 is 56.8 Å². The van der Waals surface area contributed by atoms with Gasteiger partial charge in [0.25, 0.3) is 0 Å². The first kappa shape index (κ1) is 54.6. The van der Waals surface area contributed by atoms with Gasteiger partial charge in [-0.3, -0.25) is 4.79 Å². The maximum Gasteiger partial charge on any atom is 0.513 e. The van der Waals surface area contributed by atoms with Gasteiger partial charge in [0.2, 0.25) is 0 Å². The van der Waals surface area contributed by atoms with Crippen LogP contribution in [0.25, 0.3) is 0 Å². The molecule has 2 fully saturated rings. The highest BCUT2D eigenvalue weighted by Crippen LogP contribution is 2.31. The van der Waals surface area contributed by atoms with Crippen LogP contribution in [0.2, 0.25) is 0 Å². The summed E-state index contributed by atoms with van der Waals surface area (Å²) in [6.07, 6.45) is 0.155. The average molecular weight is 997 g/mol. The molecule has 4 aromatic rings. The third-order valence-electron chi connectivity index (χ3n) is 9.99. The second-order valence-electron chi connectivity index (χ2n) is 15.4. The molecule has 6 rings (SSSR count). The summed E-state index contributed by atoms with van der Waals surface area (Å²) in [6, 6.07) is 24.5. The maximum atomic E-state index is 12.7. The van der Waals surface area contributed by atoms with Gasteiger partial charge in [0, 0.05) is 19.1 Å². The zero-order valence-corrected chi connectivity index (χ0v) is 39.4. The molecule has 0 bridgehead atoms. The molecule has 2 aliphatic heterocycles. The Bertz CT molecular complexity index is 2500. The van der Waals surface area contributed by atoms with E-state index in [1.165, 1.54) is 79.7 Å². The fourth-order valence-corrected chi connectivity index (χ4v) is 6.40. The van der Waals surface area contributed by atoms with Crippen molar-refractivity contribution in [2.75, 3.05) is 39.6 Å². The fraction of sp³-hybridized carbons (Fsp3) is 0.308. The molecule has 2 saturated heterocycles. The average Bonchev–Trinajstić information content (AvgIpc) is 3.97. The van der Waals surface area contributed by atoms with Crippen LogP contribution in [0, 0.1) is 6.92 Å². The van der Waals surface area contributed by atoms with Crippen molar-refractivity contribution in [1.29, 1.82) is 0 Å². The SMILES string of the molecule is C=CC(=O)OCCCCOC(=O)Oc1ccc(C(=O)Oc2ccc(C(=O)O[C@@H]3COC4C(OC(C)=O)COC43)cc2)cc1.C=CC(=O)OCCCCOC(=O)Oc1ccc(C(=O)Oc2ccc(C)cc2)cc1. The normalized spacial score (nSPS) is 16.1. The van der Waals surface area contributed by atoms with Crippen molar-refractivity contribution in [1.82, 2.24) is 0 Å². The first-order chi connectivity index (χ1) is 34.7. The van der Waals surface area contributed by atoms with Gasteiger partial charge in [0.15, 0.2) is 12.2 Å². The number of unbranched alkanes of at least 4 members (excludes halogenated alkanes) is 2. The molecule has 2 aliphatic rings. The zero-order valence-electron chi connectivity index (χ0n) is 39.4. The quantitative estimate of drug-likeness (QED) is 0.0197. The molecule has 380 valence electrons. The summed E-state index contributed by atoms with van der Waals surface area (Å²) in [7, 11) is 0. The van der Waals surface area contributed by atoms with Gasteiger partial charge in [-0.05, 0) is 118 Å². The minimum Gasteiger partial charge on any atom is -0.463 e. The molecular formula is C52H52O20. The molecule has 0 N–H and O–H groups in total. The van der Waals surface area contributed by atoms with E-state index in [1.54, 1.807) is 12.1 Å². The lowest BCUT2D eigenvalue weighted by atomic mass is 10.1. The van der Waals surface area contributed by atoms with Gasteiger partial charge in [0.1, 0.15) is 35.2 Å². The standard InChI is InChI=1S/C30H30O13.C22H22O7/c1-3-25(32)36-14-4-5-15-37-30(35)42-22-12-8-19(9-13-22)28(33)41-21-10-6-20(7-11-21)29(34)43-24-17-39-26-23(40-18(2)31)16-38-27(24)26;1-3-20(23)26-14-4-5-15-27-22(25)29-19-12-8-17(9-13-19)21(24)28-18-10-6-16(2)7-11-18/h3,6-13,23-24,26-27H,1,4-5,14-17H2,2H3;3,6-13H,1,4-5,14-15H2,2H3/t23?,24-,26?,27?;/m1./s1. The van der Waals surface area contributed by atoms with Crippen molar-refractivity contribution in [3.63, 3.8) is 0 Å². The Morgan fingerprint density at radius 3 is 1.18 bits per heavy atom. The van der Waals surface area contributed by atoms with Gasteiger partial charge >= 0.3 is 48.1 Å². The molecule has 0 radical (unpaired) electrons. The molecule has 4 aromatic carbocycles. The number of ether oxygens (including phenoxy) is 12. The first-order valence-electron chi connectivity index (χ1n) is 22.4. The predicted molar refractivity (Wildman–Crippen MR) is 249 cm³/mol. The second-order valence-corrected chi connectivity index (χ2v) is 15.4. The largest absolute Gasteiger partial charge is 0.513 e. The molecular weight excluding hydrogens is 945 g/mol. The third kappa shape index (κ3) is 18.2. The summed E-state index contributed by atoms with van der Waals surface area (Å²) >= 11 is 0. The Hall–Kier alpha value is -8.36. The smallest absolute Gasteiger partial charge is 0.463 e.